The number of Topliss-reactive ketones (excluding diaryl/α,β-unsaturated/α-hetero) is 1. The van der Waals surface area contributed by atoms with E-state index in [1.165, 1.54) is 0 Å². The highest BCUT2D eigenvalue weighted by molar-refractivity contribution is 5.97. The summed E-state index contributed by atoms with van der Waals surface area (Å²) in [5.74, 6) is 1.58. The molecule has 1 aliphatic heterocycles. The van der Waals surface area contributed by atoms with E-state index >= 15 is 0 Å². The molecular formula is C21H24O5. The van der Waals surface area contributed by atoms with Crippen molar-refractivity contribution in [2.24, 2.45) is 0 Å². The molecule has 0 bridgehead atoms. The van der Waals surface area contributed by atoms with Gasteiger partial charge in [-0.15, -0.1) is 0 Å². The second-order valence-electron chi connectivity index (χ2n) is 6.21. The van der Waals surface area contributed by atoms with E-state index in [1.54, 1.807) is 24.3 Å². The summed E-state index contributed by atoms with van der Waals surface area (Å²) in [7, 11) is 0. The summed E-state index contributed by atoms with van der Waals surface area (Å²) in [5, 5.41) is 0. The minimum Gasteiger partial charge on any atom is -0.494 e. The first-order valence-electron chi connectivity index (χ1n) is 8.91. The molecule has 1 saturated heterocycles. The van der Waals surface area contributed by atoms with Crippen molar-refractivity contribution in [3.05, 3.63) is 59.7 Å². The van der Waals surface area contributed by atoms with Crippen LogP contribution >= 0.6 is 0 Å². The van der Waals surface area contributed by atoms with Crippen molar-refractivity contribution < 1.29 is 23.7 Å². The molecule has 1 heterocycles. The van der Waals surface area contributed by atoms with Gasteiger partial charge in [-0.05, 0) is 48.4 Å². The number of carbonyl (C=O) groups excluding carboxylic acids is 1. The molecule has 1 aliphatic rings. The van der Waals surface area contributed by atoms with E-state index in [4.69, 9.17) is 18.9 Å². The molecule has 1 fully saturated rings. The zero-order valence-electron chi connectivity index (χ0n) is 15.0. The number of rotatable bonds is 11. The lowest BCUT2D eigenvalue weighted by Gasteiger charge is -2.08. The number of hydrogen-bond donors (Lipinski definition) is 0. The van der Waals surface area contributed by atoms with Crippen molar-refractivity contribution in [1.29, 1.82) is 0 Å². The maximum atomic E-state index is 12.4. The number of hydrogen-bond acceptors (Lipinski definition) is 5. The van der Waals surface area contributed by atoms with E-state index < -0.39 is 0 Å². The summed E-state index contributed by atoms with van der Waals surface area (Å²) in [6.45, 7) is 4.27. The van der Waals surface area contributed by atoms with Crippen LogP contribution in [-0.4, -0.2) is 38.5 Å². The number of benzene rings is 2. The molecule has 2 aromatic rings. The Morgan fingerprint density at radius 1 is 1.04 bits per heavy atom. The molecule has 5 heteroatoms. The molecule has 3 rings (SSSR count). The average molecular weight is 356 g/mol. The van der Waals surface area contributed by atoms with E-state index in [0.29, 0.717) is 30.9 Å². The molecule has 0 saturated carbocycles. The normalized spacial score (nSPS) is 15.5. The van der Waals surface area contributed by atoms with E-state index in [1.807, 2.05) is 24.3 Å². The van der Waals surface area contributed by atoms with Gasteiger partial charge >= 0.3 is 0 Å². The first-order valence-corrected chi connectivity index (χ1v) is 8.91. The molecule has 0 amide bonds. The minimum atomic E-state index is 0.0703. The molecule has 138 valence electrons. The van der Waals surface area contributed by atoms with E-state index in [-0.39, 0.29) is 18.7 Å². The van der Waals surface area contributed by atoms with Crippen LogP contribution in [0.4, 0.5) is 0 Å². The summed E-state index contributed by atoms with van der Waals surface area (Å²) in [6.07, 6.45) is 1.56. The lowest BCUT2D eigenvalue weighted by Crippen LogP contribution is -2.08. The lowest BCUT2D eigenvalue weighted by molar-refractivity contribution is 0.00821. The third kappa shape index (κ3) is 5.86. The van der Waals surface area contributed by atoms with Gasteiger partial charge in [0.2, 0.25) is 0 Å². The van der Waals surface area contributed by atoms with E-state index in [0.717, 1.165) is 24.3 Å². The Hall–Kier alpha value is -2.37. The highest BCUT2D eigenvalue weighted by Gasteiger charge is 2.22. The maximum Gasteiger partial charge on any atom is 0.189 e. The summed E-state index contributed by atoms with van der Waals surface area (Å²) in [4.78, 5) is 12.4. The van der Waals surface area contributed by atoms with Gasteiger partial charge in [-0.25, -0.2) is 0 Å². The van der Waals surface area contributed by atoms with Crippen molar-refractivity contribution >= 4 is 5.78 Å². The second-order valence-corrected chi connectivity index (χ2v) is 6.21. The Kier molecular flexibility index (Phi) is 6.63. The van der Waals surface area contributed by atoms with E-state index in [2.05, 4.69) is 6.92 Å². The fourth-order valence-corrected chi connectivity index (χ4v) is 2.40. The predicted octanol–water partition coefficient (Wildman–Crippen LogP) is 3.65. The number of ether oxygens (including phenoxy) is 4. The highest BCUT2D eigenvalue weighted by Crippen LogP contribution is 2.17. The van der Waals surface area contributed by atoms with Crippen molar-refractivity contribution in [2.45, 2.75) is 25.9 Å². The van der Waals surface area contributed by atoms with Gasteiger partial charge in [-0.3, -0.25) is 4.79 Å². The third-order valence-electron chi connectivity index (χ3n) is 3.95. The van der Waals surface area contributed by atoms with Crippen LogP contribution in [-0.2, 0) is 15.9 Å². The summed E-state index contributed by atoms with van der Waals surface area (Å²) in [5.41, 5.74) is 1.63. The number of carbonyl (C=O) groups is 1. The van der Waals surface area contributed by atoms with Crippen LogP contribution in [0, 0.1) is 0 Å². The maximum absolute atomic E-state index is 12.4. The summed E-state index contributed by atoms with van der Waals surface area (Å²) >= 11 is 0. The minimum absolute atomic E-state index is 0.0703. The van der Waals surface area contributed by atoms with Crippen molar-refractivity contribution in [2.75, 3.05) is 26.6 Å². The largest absolute Gasteiger partial charge is 0.494 e. The zero-order chi connectivity index (χ0) is 18.2. The quantitative estimate of drug-likeness (QED) is 0.266. The SMILES string of the molecule is CCCOc1ccc(CC(=O)c2ccc(OCOCC3CO3)cc2)cc1. The Morgan fingerprint density at radius 3 is 2.35 bits per heavy atom. The Morgan fingerprint density at radius 2 is 1.69 bits per heavy atom. The molecule has 0 aliphatic carbocycles. The van der Waals surface area contributed by atoms with Crippen LogP contribution in [0.25, 0.3) is 0 Å². The summed E-state index contributed by atoms with van der Waals surface area (Å²) in [6, 6.07) is 14.8. The first kappa shape index (κ1) is 18.4. The van der Waals surface area contributed by atoms with Gasteiger partial charge < -0.3 is 18.9 Å². The van der Waals surface area contributed by atoms with Crippen molar-refractivity contribution in [3.8, 4) is 11.5 Å². The Bertz CT molecular complexity index is 689. The van der Waals surface area contributed by atoms with Gasteiger partial charge in [0.1, 0.15) is 17.6 Å². The Labute approximate surface area is 153 Å². The number of epoxide rings is 1. The van der Waals surface area contributed by atoms with Crippen LogP contribution in [0.1, 0.15) is 29.3 Å². The molecule has 5 nitrogen and oxygen atoms in total. The zero-order valence-corrected chi connectivity index (χ0v) is 15.0. The average Bonchev–Trinajstić information content (AvgIpc) is 3.49. The predicted molar refractivity (Wildman–Crippen MR) is 97.9 cm³/mol. The lowest BCUT2D eigenvalue weighted by atomic mass is 10.0. The molecule has 0 spiro atoms. The first-order chi connectivity index (χ1) is 12.7. The van der Waals surface area contributed by atoms with Crippen LogP contribution < -0.4 is 9.47 Å². The van der Waals surface area contributed by atoms with Crippen LogP contribution in [0.15, 0.2) is 48.5 Å². The Balaban J connectivity index is 1.46. The standard InChI is InChI=1S/C21H24O5/c1-2-11-24-18-7-3-16(4-8-18)12-21(22)17-5-9-19(10-6-17)26-15-23-13-20-14-25-20/h3-10,20H,2,11-15H2,1H3. The monoisotopic (exact) mass is 356 g/mol. The van der Waals surface area contributed by atoms with Crippen LogP contribution in [0.3, 0.4) is 0 Å². The van der Waals surface area contributed by atoms with Crippen molar-refractivity contribution in [3.63, 3.8) is 0 Å². The second kappa shape index (κ2) is 9.36. The molecular weight excluding hydrogens is 332 g/mol. The van der Waals surface area contributed by atoms with Gasteiger partial charge in [-0.1, -0.05) is 19.1 Å². The molecule has 26 heavy (non-hydrogen) atoms. The molecule has 1 atom stereocenters. The highest BCUT2D eigenvalue weighted by atomic mass is 16.7. The smallest absolute Gasteiger partial charge is 0.189 e. The van der Waals surface area contributed by atoms with Crippen LogP contribution in [0.2, 0.25) is 0 Å². The molecule has 1 unspecified atom stereocenters. The molecule has 2 aromatic carbocycles. The number of ketones is 1. The van der Waals surface area contributed by atoms with E-state index in [9.17, 15) is 4.79 Å². The molecule has 0 N–H and O–H groups in total. The van der Waals surface area contributed by atoms with Gasteiger partial charge in [-0.2, -0.15) is 0 Å². The van der Waals surface area contributed by atoms with Gasteiger partial charge in [0, 0.05) is 12.0 Å². The topological polar surface area (TPSA) is 57.3 Å². The fraction of sp³-hybridized carbons (Fsp3) is 0.381. The fourth-order valence-electron chi connectivity index (χ4n) is 2.40. The van der Waals surface area contributed by atoms with Gasteiger partial charge in [0.15, 0.2) is 12.6 Å². The van der Waals surface area contributed by atoms with Crippen molar-refractivity contribution in [1.82, 2.24) is 0 Å². The van der Waals surface area contributed by atoms with Crippen LogP contribution in [0.5, 0.6) is 11.5 Å². The van der Waals surface area contributed by atoms with Gasteiger partial charge in [0.05, 0.1) is 19.8 Å². The molecule has 0 radical (unpaired) electrons. The summed E-state index contributed by atoms with van der Waals surface area (Å²) < 4.78 is 21.4. The van der Waals surface area contributed by atoms with Gasteiger partial charge in [0.25, 0.3) is 0 Å². The third-order valence-corrected chi connectivity index (χ3v) is 3.95. The molecule has 0 aromatic heterocycles.